The van der Waals surface area contributed by atoms with Crippen LogP contribution in [0.1, 0.15) is 0 Å². The second-order valence-electron chi connectivity index (χ2n) is 2.69. The average molecular weight is 187 g/mol. The van der Waals surface area contributed by atoms with Crippen molar-refractivity contribution in [2.45, 2.75) is 0 Å². The van der Waals surface area contributed by atoms with Crippen molar-refractivity contribution in [1.82, 2.24) is 15.2 Å². The number of hydrogen-bond donors (Lipinski definition) is 0. The summed E-state index contributed by atoms with van der Waals surface area (Å²) in [6, 6.07) is 7.53. The third-order valence-electron chi connectivity index (χ3n) is 1.83. The highest BCUT2D eigenvalue weighted by Crippen LogP contribution is 2.17. The van der Waals surface area contributed by atoms with Crippen molar-refractivity contribution in [3.8, 4) is 17.1 Å². The summed E-state index contributed by atoms with van der Waals surface area (Å²) < 4.78 is 5.05. The zero-order valence-corrected chi connectivity index (χ0v) is 7.71. The van der Waals surface area contributed by atoms with E-state index < -0.39 is 0 Å². The van der Waals surface area contributed by atoms with Crippen molar-refractivity contribution in [3.63, 3.8) is 0 Å². The summed E-state index contributed by atoms with van der Waals surface area (Å²) in [5, 5.41) is 7.66. The van der Waals surface area contributed by atoms with Gasteiger partial charge in [-0.25, -0.2) is 4.98 Å². The van der Waals surface area contributed by atoms with Crippen LogP contribution in [-0.2, 0) is 0 Å². The van der Waals surface area contributed by atoms with Gasteiger partial charge < -0.3 is 4.74 Å². The first-order valence-corrected chi connectivity index (χ1v) is 4.18. The van der Waals surface area contributed by atoms with E-state index in [9.17, 15) is 0 Å². The molecule has 0 fully saturated rings. The van der Waals surface area contributed by atoms with Gasteiger partial charge in [-0.15, -0.1) is 5.10 Å². The lowest BCUT2D eigenvalue weighted by atomic mass is 10.2. The number of ether oxygens (including phenoxy) is 1. The van der Waals surface area contributed by atoms with Gasteiger partial charge in [0.05, 0.1) is 13.3 Å². The topological polar surface area (TPSA) is 47.9 Å². The van der Waals surface area contributed by atoms with Crippen LogP contribution in [0.25, 0.3) is 11.4 Å². The standard InChI is InChI=1S/C10H9N3O/c1-14-9-4-2-8(3-5-9)10-11-6-7-12-13-10/h2-7H,1H3. The van der Waals surface area contributed by atoms with Crippen LogP contribution in [0.15, 0.2) is 36.7 Å². The summed E-state index contributed by atoms with van der Waals surface area (Å²) >= 11 is 0. The Bertz CT molecular complexity index is 399. The lowest BCUT2D eigenvalue weighted by molar-refractivity contribution is 0.415. The zero-order valence-electron chi connectivity index (χ0n) is 7.71. The largest absolute Gasteiger partial charge is 0.497 e. The summed E-state index contributed by atoms with van der Waals surface area (Å²) in [7, 11) is 1.63. The second kappa shape index (κ2) is 3.83. The first-order valence-electron chi connectivity index (χ1n) is 4.18. The number of rotatable bonds is 2. The molecule has 0 radical (unpaired) electrons. The fourth-order valence-electron chi connectivity index (χ4n) is 1.12. The Morgan fingerprint density at radius 2 is 1.86 bits per heavy atom. The summed E-state index contributed by atoms with van der Waals surface area (Å²) in [6.45, 7) is 0. The molecule has 0 aliphatic heterocycles. The van der Waals surface area contributed by atoms with E-state index in [-0.39, 0.29) is 0 Å². The molecule has 2 aromatic rings. The molecule has 0 N–H and O–H groups in total. The molecule has 0 atom stereocenters. The van der Waals surface area contributed by atoms with Gasteiger partial charge in [0.15, 0.2) is 5.82 Å². The lowest BCUT2D eigenvalue weighted by Gasteiger charge is -2.00. The van der Waals surface area contributed by atoms with Gasteiger partial charge in [-0.1, -0.05) is 0 Å². The van der Waals surface area contributed by atoms with Crippen LogP contribution >= 0.6 is 0 Å². The number of aromatic nitrogens is 3. The molecule has 0 unspecified atom stereocenters. The molecule has 0 aliphatic rings. The maximum absolute atomic E-state index is 5.05. The molecule has 4 nitrogen and oxygen atoms in total. The van der Waals surface area contributed by atoms with Gasteiger partial charge in [0, 0.05) is 11.8 Å². The van der Waals surface area contributed by atoms with Crippen LogP contribution in [0.5, 0.6) is 5.75 Å². The third kappa shape index (κ3) is 1.69. The van der Waals surface area contributed by atoms with Crippen molar-refractivity contribution in [1.29, 1.82) is 0 Å². The highest BCUT2D eigenvalue weighted by molar-refractivity contribution is 5.55. The highest BCUT2D eigenvalue weighted by Gasteiger charge is 1.99. The predicted octanol–water partition coefficient (Wildman–Crippen LogP) is 1.55. The minimum absolute atomic E-state index is 0.621. The van der Waals surface area contributed by atoms with Crippen molar-refractivity contribution in [2.75, 3.05) is 7.11 Å². The molecule has 0 bridgehead atoms. The van der Waals surface area contributed by atoms with Crippen LogP contribution in [0.4, 0.5) is 0 Å². The van der Waals surface area contributed by atoms with Crippen LogP contribution in [0.2, 0.25) is 0 Å². The van der Waals surface area contributed by atoms with E-state index in [0.717, 1.165) is 11.3 Å². The molecule has 0 aliphatic carbocycles. The molecule has 0 saturated heterocycles. The first-order chi connectivity index (χ1) is 6.90. The monoisotopic (exact) mass is 187 g/mol. The van der Waals surface area contributed by atoms with Crippen molar-refractivity contribution < 1.29 is 4.74 Å². The van der Waals surface area contributed by atoms with Gasteiger partial charge in [0.25, 0.3) is 0 Å². The molecule has 0 saturated carbocycles. The molecular weight excluding hydrogens is 178 g/mol. The number of methoxy groups -OCH3 is 1. The van der Waals surface area contributed by atoms with Gasteiger partial charge in [-0.3, -0.25) is 0 Å². The Kier molecular flexibility index (Phi) is 2.36. The summed E-state index contributed by atoms with van der Waals surface area (Å²) in [5.41, 5.74) is 0.930. The van der Waals surface area contributed by atoms with Crippen molar-refractivity contribution in [3.05, 3.63) is 36.7 Å². The Balaban J connectivity index is 2.34. The zero-order chi connectivity index (χ0) is 9.80. The van der Waals surface area contributed by atoms with E-state index in [0.29, 0.717) is 5.82 Å². The molecule has 2 rings (SSSR count). The van der Waals surface area contributed by atoms with Gasteiger partial charge in [0.2, 0.25) is 0 Å². The molecule has 0 amide bonds. The fraction of sp³-hybridized carbons (Fsp3) is 0.100. The Hall–Kier alpha value is -1.97. The van der Waals surface area contributed by atoms with E-state index in [1.54, 1.807) is 19.5 Å². The van der Waals surface area contributed by atoms with Crippen LogP contribution in [0.3, 0.4) is 0 Å². The number of hydrogen-bond acceptors (Lipinski definition) is 4. The van der Waals surface area contributed by atoms with E-state index in [2.05, 4.69) is 15.2 Å². The molecule has 1 aromatic heterocycles. The Labute approximate surface area is 81.6 Å². The molecule has 70 valence electrons. The quantitative estimate of drug-likeness (QED) is 0.715. The highest BCUT2D eigenvalue weighted by atomic mass is 16.5. The number of benzene rings is 1. The SMILES string of the molecule is COc1ccc(-c2nccnn2)cc1. The average Bonchev–Trinajstić information content (AvgIpc) is 2.30. The summed E-state index contributed by atoms with van der Waals surface area (Å²) in [4.78, 5) is 4.09. The minimum atomic E-state index is 0.621. The lowest BCUT2D eigenvalue weighted by Crippen LogP contribution is -1.90. The van der Waals surface area contributed by atoms with Crippen molar-refractivity contribution >= 4 is 0 Å². The molecule has 4 heteroatoms. The smallest absolute Gasteiger partial charge is 0.181 e. The van der Waals surface area contributed by atoms with Gasteiger partial charge in [0.1, 0.15) is 5.75 Å². The predicted molar refractivity (Wildman–Crippen MR) is 51.8 cm³/mol. The number of nitrogens with zero attached hydrogens (tertiary/aromatic N) is 3. The summed E-state index contributed by atoms with van der Waals surface area (Å²) in [6.07, 6.45) is 3.17. The van der Waals surface area contributed by atoms with Crippen LogP contribution in [0, 0.1) is 0 Å². The van der Waals surface area contributed by atoms with E-state index in [1.165, 1.54) is 0 Å². The maximum atomic E-state index is 5.05. The Morgan fingerprint density at radius 1 is 1.07 bits per heavy atom. The second-order valence-corrected chi connectivity index (χ2v) is 2.69. The molecule has 14 heavy (non-hydrogen) atoms. The minimum Gasteiger partial charge on any atom is -0.497 e. The third-order valence-corrected chi connectivity index (χ3v) is 1.83. The van der Waals surface area contributed by atoms with Crippen molar-refractivity contribution in [2.24, 2.45) is 0 Å². The van der Waals surface area contributed by atoms with Crippen LogP contribution in [-0.4, -0.2) is 22.3 Å². The fourth-order valence-corrected chi connectivity index (χ4v) is 1.12. The van der Waals surface area contributed by atoms with Crippen LogP contribution < -0.4 is 4.74 Å². The van der Waals surface area contributed by atoms with E-state index >= 15 is 0 Å². The van der Waals surface area contributed by atoms with Gasteiger partial charge in [-0.2, -0.15) is 5.10 Å². The van der Waals surface area contributed by atoms with Gasteiger partial charge >= 0.3 is 0 Å². The van der Waals surface area contributed by atoms with Gasteiger partial charge in [-0.05, 0) is 24.3 Å². The normalized spacial score (nSPS) is 9.79. The molecular formula is C10H9N3O. The van der Waals surface area contributed by atoms with E-state index in [1.807, 2.05) is 24.3 Å². The maximum Gasteiger partial charge on any atom is 0.181 e. The Morgan fingerprint density at radius 3 is 2.43 bits per heavy atom. The molecule has 0 spiro atoms. The van der Waals surface area contributed by atoms with E-state index in [4.69, 9.17) is 4.74 Å². The first kappa shape index (κ1) is 8.62. The summed E-state index contributed by atoms with van der Waals surface area (Å²) in [5.74, 6) is 1.44. The molecule has 1 heterocycles. The molecule has 1 aromatic carbocycles.